The van der Waals surface area contributed by atoms with Crippen LogP contribution in [0.15, 0.2) is 29.4 Å². The first-order chi connectivity index (χ1) is 13.0. The van der Waals surface area contributed by atoms with Crippen LogP contribution in [-0.2, 0) is 6.42 Å². The van der Waals surface area contributed by atoms with Crippen molar-refractivity contribution in [3.63, 3.8) is 0 Å². The van der Waals surface area contributed by atoms with Crippen molar-refractivity contribution in [3.05, 3.63) is 30.2 Å². The highest BCUT2D eigenvalue weighted by molar-refractivity contribution is 5.80. The molecule has 0 radical (unpaired) electrons. The summed E-state index contributed by atoms with van der Waals surface area (Å²) in [4.78, 5) is 4.55. The van der Waals surface area contributed by atoms with Gasteiger partial charge in [-0.05, 0) is 44.7 Å². The van der Waals surface area contributed by atoms with E-state index in [9.17, 15) is 13.2 Å². The first-order valence-corrected chi connectivity index (χ1v) is 9.37. The Morgan fingerprint density at radius 2 is 2.00 bits per heavy atom. The number of rotatable bonds is 5. The van der Waals surface area contributed by atoms with Crippen LogP contribution in [-0.4, -0.2) is 45.9 Å². The number of hydrogen-bond donors (Lipinski definition) is 2. The summed E-state index contributed by atoms with van der Waals surface area (Å²) in [6.07, 6.45) is -0.185. The Hall–Kier alpha value is -2.32. The van der Waals surface area contributed by atoms with Gasteiger partial charge in [0, 0.05) is 31.7 Å². The fourth-order valence-electron chi connectivity index (χ4n) is 3.41. The first kappa shape index (κ1) is 19.4. The number of hydrogen-bond acceptors (Lipinski definition) is 3. The van der Waals surface area contributed by atoms with Crippen LogP contribution in [0, 0.1) is 5.92 Å². The molecule has 0 spiro atoms. The van der Waals surface area contributed by atoms with Crippen LogP contribution in [0.3, 0.4) is 0 Å². The van der Waals surface area contributed by atoms with Gasteiger partial charge in [-0.2, -0.15) is 13.2 Å². The number of guanidine groups is 1. The lowest BCUT2D eigenvalue weighted by Crippen LogP contribution is -2.46. The molecule has 2 N–H and O–H groups in total. The molecule has 0 bridgehead atoms. The Labute approximate surface area is 156 Å². The fourth-order valence-corrected chi connectivity index (χ4v) is 3.41. The standard InChI is InChI=1S/C18H25F3N6/c1-2-22-17(24-14-8-6-13(7-9-14)18(19,20)21)23-11-10-16-26-25-15-5-3-4-12-27(15)16/h3-5,12-14H,2,6-11H2,1H3,(H2,22,23,24). The van der Waals surface area contributed by atoms with Crippen LogP contribution in [0.25, 0.3) is 5.65 Å². The summed E-state index contributed by atoms with van der Waals surface area (Å²) in [7, 11) is 0. The van der Waals surface area contributed by atoms with Gasteiger partial charge in [-0.15, -0.1) is 10.2 Å². The second-order valence-electron chi connectivity index (χ2n) is 6.79. The van der Waals surface area contributed by atoms with E-state index in [1.54, 1.807) is 0 Å². The molecule has 9 heteroatoms. The molecule has 3 rings (SSSR count). The molecule has 0 aliphatic heterocycles. The quantitative estimate of drug-likeness (QED) is 0.616. The van der Waals surface area contributed by atoms with Crippen LogP contribution in [0.2, 0.25) is 0 Å². The highest BCUT2D eigenvalue weighted by Gasteiger charge is 2.41. The van der Waals surface area contributed by atoms with Gasteiger partial charge in [0.25, 0.3) is 0 Å². The normalized spacial score (nSPS) is 21.4. The second kappa shape index (κ2) is 8.58. The Morgan fingerprint density at radius 3 is 2.70 bits per heavy atom. The smallest absolute Gasteiger partial charge is 0.357 e. The summed E-state index contributed by atoms with van der Waals surface area (Å²) in [6, 6.07) is 5.75. The van der Waals surface area contributed by atoms with E-state index >= 15 is 0 Å². The minimum absolute atomic E-state index is 0.0234. The summed E-state index contributed by atoms with van der Waals surface area (Å²) in [6.45, 7) is 3.17. The lowest BCUT2D eigenvalue weighted by atomic mass is 9.85. The van der Waals surface area contributed by atoms with Crippen LogP contribution in [0.1, 0.15) is 38.4 Å². The van der Waals surface area contributed by atoms with Gasteiger partial charge in [0.15, 0.2) is 11.6 Å². The van der Waals surface area contributed by atoms with Crippen molar-refractivity contribution in [1.29, 1.82) is 0 Å². The van der Waals surface area contributed by atoms with E-state index < -0.39 is 12.1 Å². The van der Waals surface area contributed by atoms with Gasteiger partial charge >= 0.3 is 6.18 Å². The van der Waals surface area contributed by atoms with Crippen molar-refractivity contribution in [2.75, 3.05) is 13.1 Å². The number of nitrogens with zero attached hydrogens (tertiary/aromatic N) is 4. The summed E-state index contributed by atoms with van der Waals surface area (Å²) >= 11 is 0. The average Bonchev–Trinajstić information content (AvgIpc) is 3.05. The third-order valence-electron chi connectivity index (χ3n) is 4.86. The van der Waals surface area contributed by atoms with Gasteiger partial charge in [-0.25, -0.2) is 0 Å². The van der Waals surface area contributed by atoms with Crippen LogP contribution in [0.5, 0.6) is 0 Å². The van der Waals surface area contributed by atoms with E-state index in [0.717, 1.165) is 11.5 Å². The molecule has 1 saturated carbocycles. The van der Waals surface area contributed by atoms with E-state index in [2.05, 4.69) is 25.8 Å². The number of aromatic nitrogens is 3. The molecule has 0 atom stereocenters. The monoisotopic (exact) mass is 382 g/mol. The molecule has 1 fully saturated rings. The minimum Gasteiger partial charge on any atom is -0.357 e. The van der Waals surface area contributed by atoms with Gasteiger partial charge < -0.3 is 10.6 Å². The molecule has 2 aromatic rings. The summed E-state index contributed by atoms with van der Waals surface area (Å²) in [5.74, 6) is 0.300. The van der Waals surface area contributed by atoms with Gasteiger partial charge in [-0.1, -0.05) is 6.07 Å². The number of pyridine rings is 1. The number of halogens is 3. The lowest BCUT2D eigenvalue weighted by molar-refractivity contribution is -0.182. The fraction of sp³-hybridized carbons (Fsp3) is 0.611. The number of fused-ring (bicyclic) bond motifs is 1. The van der Waals surface area contributed by atoms with Crippen molar-refractivity contribution in [1.82, 2.24) is 25.2 Å². The van der Waals surface area contributed by atoms with Crippen molar-refractivity contribution in [2.45, 2.75) is 51.2 Å². The van der Waals surface area contributed by atoms with E-state index in [1.165, 1.54) is 0 Å². The van der Waals surface area contributed by atoms with Crippen molar-refractivity contribution < 1.29 is 13.2 Å². The molecule has 0 amide bonds. The predicted molar refractivity (Wildman–Crippen MR) is 97.6 cm³/mol. The maximum Gasteiger partial charge on any atom is 0.391 e. The summed E-state index contributed by atoms with van der Waals surface area (Å²) in [5.41, 5.74) is 0.794. The van der Waals surface area contributed by atoms with E-state index in [4.69, 9.17) is 0 Å². The van der Waals surface area contributed by atoms with Gasteiger partial charge in [0.05, 0.1) is 5.92 Å². The SMILES string of the molecule is CCNC(=NCCc1nnc2ccccn12)NC1CCC(C(F)(F)F)CC1. The molecule has 6 nitrogen and oxygen atoms in total. The van der Waals surface area contributed by atoms with Gasteiger partial charge in [0.2, 0.25) is 0 Å². The molecule has 2 heterocycles. The number of aliphatic imine (C=N–C) groups is 1. The molecule has 1 aliphatic carbocycles. The molecule has 0 saturated heterocycles. The average molecular weight is 382 g/mol. The largest absolute Gasteiger partial charge is 0.391 e. The molecule has 0 unspecified atom stereocenters. The van der Waals surface area contributed by atoms with Crippen LogP contribution < -0.4 is 10.6 Å². The van der Waals surface area contributed by atoms with Crippen molar-refractivity contribution in [3.8, 4) is 0 Å². The van der Waals surface area contributed by atoms with Gasteiger partial charge in [-0.3, -0.25) is 9.39 Å². The van der Waals surface area contributed by atoms with Gasteiger partial charge in [0.1, 0.15) is 5.82 Å². The Kier molecular flexibility index (Phi) is 6.18. The topological polar surface area (TPSA) is 66.6 Å². The highest BCUT2D eigenvalue weighted by Crippen LogP contribution is 2.37. The first-order valence-electron chi connectivity index (χ1n) is 9.37. The molecule has 1 aliphatic rings. The zero-order valence-electron chi connectivity index (χ0n) is 15.3. The summed E-state index contributed by atoms with van der Waals surface area (Å²) in [5, 5.41) is 14.7. The van der Waals surface area contributed by atoms with E-state index in [1.807, 2.05) is 35.7 Å². The van der Waals surface area contributed by atoms with Crippen molar-refractivity contribution >= 4 is 11.6 Å². The maximum atomic E-state index is 12.8. The lowest BCUT2D eigenvalue weighted by Gasteiger charge is -2.31. The Balaban J connectivity index is 1.54. The van der Waals surface area contributed by atoms with Crippen LogP contribution >= 0.6 is 0 Å². The Bertz CT molecular complexity index is 762. The number of alkyl halides is 3. The minimum atomic E-state index is -4.08. The highest BCUT2D eigenvalue weighted by atomic mass is 19.4. The zero-order valence-corrected chi connectivity index (χ0v) is 15.3. The Morgan fingerprint density at radius 1 is 1.22 bits per heavy atom. The van der Waals surface area contributed by atoms with Crippen LogP contribution in [0.4, 0.5) is 13.2 Å². The zero-order chi connectivity index (χ0) is 19.3. The van der Waals surface area contributed by atoms with Crippen molar-refractivity contribution in [2.24, 2.45) is 10.9 Å². The molecule has 2 aromatic heterocycles. The molecule has 148 valence electrons. The predicted octanol–water partition coefficient (Wildman–Crippen LogP) is 2.95. The maximum absolute atomic E-state index is 12.8. The third kappa shape index (κ3) is 5.11. The molecular weight excluding hydrogens is 357 g/mol. The second-order valence-corrected chi connectivity index (χ2v) is 6.79. The van der Waals surface area contributed by atoms with E-state index in [0.29, 0.717) is 38.3 Å². The molecular formula is C18H25F3N6. The third-order valence-corrected chi connectivity index (χ3v) is 4.86. The summed E-state index contributed by atoms with van der Waals surface area (Å²) < 4.78 is 40.3. The number of nitrogens with one attached hydrogen (secondary N) is 2. The molecule has 27 heavy (non-hydrogen) atoms. The molecule has 0 aromatic carbocycles. The van der Waals surface area contributed by atoms with E-state index in [-0.39, 0.29) is 18.9 Å².